The Bertz CT molecular complexity index is 2570. The van der Waals surface area contributed by atoms with Crippen molar-refractivity contribution >= 4 is 64.7 Å². The lowest BCUT2D eigenvalue weighted by Crippen LogP contribution is -2.28. The number of allylic oxidation sites excluding steroid dienone is 6. The summed E-state index contributed by atoms with van der Waals surface area (Å²) in [6.07, 6.45) is 14.4. The standard InChI is InChI=1S/C46H55N3O7S2/c1-6-28-47-58(55,56)35-24-25-37-34(32-35)23-27-39-44(37)46(4,5)41(49(39)30-15-16-31-57(52,53)54)20-10-7-9-19-40-45(2,3)43-36-18-13-12-17-33(36)22-26-38(43)48(40)29-14-8-11-21-42(50)51/h7,9-10,12-13,17-20,22-27,32,47H,6,8,11,14-16,21,28-31H2,1-5H3,(H-,50,51,52,53,54)/p+1. The number of carboxylic acids is 1. The van der Waals surface area contributed by atoms with Crippen LogP contribution in [0, 0.1) is 0 Å². The number of anilines is 1. The molecule has 6 rings (SSSR count). The van der Waals surface area contributed by atoms with Crippen molar-refractivity contribution in [2.45, 2.75) is 95.3 Å². The first-order valence-corrected chi connectivity index (χ1v) is 23.3. The van der Waals surface area contributed by atoms with E-state index in [-0.39, 0.29) is 22.5 Å². The zero-order valence-corrected chi connectivity index (χ0v) is 35.8. The van der Waals surface area contributed by atoms with Crippen molar-refractivity contribution in [3.05, 3.63) is 114 Å². The second kappa shape index (κ2) is 17.3. The van der Waals surface area contributed by atoms with Crippen molar-refractivity contribution in [3.63, 3.8) is 0 Å². The lowest BCUT2D eigenvalue weighted by Gasteiger charge is -2.27. The van der Waals surface area contributed by atoms with E-state index < -0.39 is 31.5 Å². The van der Waals surface area contributed by atoms with Crippen LogP contribution in [0.15, 0.2) is 108 Å². The van der Waals surface area contributed by atoms with E-state index in [0.717, 1.165) is 47.1 Å². The predicted molar refractivity (Wildman–Crippen MR) is 235 cm³/mol. The third kappa shape index (κ3) is 9.00. The maximum atomic E-state index is 13.0. The van der Waals surface area contributed by atoms with E-state index in [0.29, 0.717) is 38.8 Å². The molecular weight excluding hydrogens is 771 g/mol. The van der Waals surface area contributed by atoms with Crippen LogP contribution in [-0.4, -0.2) is 68.1 Å². The molecule has 308 valence electrons. The van der Waals surface area contributed by atoms with E-state index in [1.807, 2.05) is 37.3 Å². The number of unbranched alkanes of at least 4 members (excludes halogenated alkanes) is 3. The van der Waals surface area contributed by atoms with Gasteiger partial charge in [0, 0.05) is 60.4 Å². The van der Waals surface area contributed by atoms with Crippen LogP contribution in [0.25, 0.3) is 21.5 Å². The summed E-state index contributed by atoms with van der Waals surface area (Å²) >= 11 is 0. The molecule has 2 aliphatic heterocycles. The number of hydrogen-bond donors (Lipinski definition) is 3. The van der Waals surface area contributed by atoms with Gasteiger partial charge < -0.3 is 10.0 Å². The summed E-state index contributed by atoms with van der Waals surface area (Å²) in [5.74, 6) is -1.08. The molecule has 12 heteroatoms. The molecule has 0 bridgehead atoms. The first kappa shape index (κ1) is 43.0. The number of nitrogens with one attached hydrogen (secondary N) is 1. The van der Waals surface area contributed by atoms with Crippen LogP contribution in [0.3, 0.4) is 0 Å². The van der Waals surface area contributed by atoms with Gasteiger partial charge in [-0.1, -0.05) is 75.4 Å². The molecule has 0 radical (unpaired) electrons. The Labute approximate surface area is 343 Å². The molecule has 0 aliphatic carbocycles. The smallest absolute Gasteiger partial charge is 0.303 e. The zero-order valence-electron chi connectivity index (χ0n) is 34.2. The molecule has 0 saturated carbocycles. The summed E-state index contributed by atoms with van der Waals surface area (Å²) in [5.41, 5.74) is 5.90. The lowest BCUT2D eigenvalue weighted by atomic mass is 9.79. The zero-order chi connectivity index (χ0) is 41.9. The number of sulfonamides is 1. The molecule has 0 unspecified atom stereocenters. The van der Waals surface area contributed by atoms with Crippen molar-refractivity contribution < 1.29 is 35.9 Å². The number of hydrogen-bond acceptors (Lipinski definition) is 6. The molecule has 4 aromatic carbocycles. The molecule has 58 heavy (non-hydrogen) atoms. The summed E-state index contributed by atoms with van der Waals surface area (Å²) in [5, 5.41) is 13.3. The first-order valence-electron chi connectivity index (χ1n) is 20.2. The molecule has 2 heterocycles. The van der Waals surface area contributed by atoms with E-state index in [4.69, 9.17) is 5.11 Å². The second-order valence-electron chi connectivity index (χ2n) is 16.4. The van der Waals surface area contributed by atoms with Gasteiger partial charge in [0.05, 0.1) is 16.1 Å². The van der Waals surface area contributed by atoms with E-state index in [1.165, 1.54) is 27.7 Å². The number of rotatable bonds is 18. The normalized spacial score (nSPS) is 17.1. The van der Waals surface area contributed by atoms with Crippen molar-refractivity contribution in [2.75, 3.05) is 30.3 Å². The Kier molecular flexibility index (Phi) is 12.8. The molecule has 10 nitrogen and oxygen atoms in total. The average Bonchev–Trinajstić information content (AvgIpc) is 3.52. The van der Waals surface area contributed by atoms with Gasteiger partial charge in [-0.15, -0.1) is 0 Å². The number of aliphatic carboxylic acids is 1. The van der Waals surface area contributed by atoms with Gasteiger partial charge in [0.15, 0.2) is 5.71 Å². The molecule has 0 saturated heterocycles. The summed E-state index contributed by atoms with van der Waals surface area (Å²) in [4.78, 5) is 13.6. The molecule has 0 amide bonds. The minimum Gasteiger partial charge on any atom is -0.481 e. The SMILES string of the molecule is CCCNS(=O)(=O)c1ccc2c3c(ccc2c1)N(CCCCS(=O)(=O)O)/C(=C/C=C/C=C/C1=[N+](CCCCCC(=O)O)c2ccc4ccccc4c2C1(C)C)C3(C)C. The van der Waals surface area contributed by atoms with Crippen LogP contribution in [0.4, 0.5) is 11.4 Å². The first-order chi connectivity index (χ1) is 27.5. The van der Waals surface area contributed by atoms with Gasteiger partial charge in [0.25, 0.3) is 10.1 Å². The van der Waals surface area contributed by atoms with E-state index in [1.54, 1.807) is 12.1 Å². The number of benzene rings is 4. The summed E-state index contributed by atoms with van der Waals surface area (Å²) < 4.78 is 63.5. The topological polar surface area (TPSA) is 144 Å². The van der Waals surface area contributed by atoms with Crippen molar-refractivity contribution in [1.82, 2.24) is 4.72 Å². The molecule has 0 aromatic heterocycles. The molecule has 0 spiro atoms. The fraction of sp³-hybridized carbons (Fsp3) is 0.391. The molecule has 4 aromatic rings. The highest BCUT2D eigenvalue weighted by atomic mass is 32.2. The molecular formula is C46H56N3O7S2+. The number of carbonyl (C=O) groups is 1. The highest BCUT2D eigenvalue weighted by Crippen LogP contribution is 2.51. The van der Waals surface area contributed by atoms with Crippen LogP contribution in [0.1, 0.15) is 90.7 Å². The van der Waals surface area contributed by atoms with Gasteiger partial charge in [0.2, 0.25) is 15.7 Å². The maximum Gasteiger partial charge on any atom is 0.303 e. The van der Waals surface area contributed by atoms with Crippen LogP contribution in [-0.2, 0) is 35.8 Å². The molecule has 0 fully saturated rings. The van der Waals surface area contributed by atoms with Gasteiger partial charge in [-0.3, -0.25) is 9.35 Å². The molecule has 3 N–H and O–H groups in total. The van der Waals surface area contributed by atoms with Gasteiger partial charge in [-0.05, 0) is 103 Å². The second-order valence-corrected chi connectivity index (χ2v) is 19.7. The van der Waals surface area contributed by atoms with E-state index in [9.17, 15) is 26.2 Å². The van der Waals surface area contributed by atoms with Crippen molar-refractivity contribution in [3.8, 4) is 0 Å². The Morgan fingerprint density at radius 1 is 0.810 bits per heavy atom. The third-order valence-electron chi connectivity index (χ3n) is 11.5. The van der Waals surface area contributed by atoms with E-state index >= 15 is 0 Å². The minimum atomic E-state index is -4.08. The summed E-state index contributed by atoms with van der Waals surface area (Å²) in [6, 6.07) is 22.0. The monoisotopic (exact) mass is 826 g/mol. The van der Waals surface area contributed by atoms with Gasteiger partial charge in [-0.2, -0.15) is 13.0 Å². The van der Waals surface area contributed by atoms with Crippen molar-refractivity contribution in [2.24, 2.45) is 0 Å². The van der Waals surface area contributed by atoms with Gasteiger partial charge >= 0.3 is 5.97 Å². The Morgan fingerprint density at radius 2 is 1.55 bits per heavy atom. The highest BCUT2D eigenvalue weighted by molar-refractivity contribution is 7.89. The quantitative estimate of drug-likeness (QED) is 0.0390. The van der Waals surface area contributed by atoms with Crippen LogP contribution in [0.2, 0.25) is 0 Å². The van der Waals surface area contributed by atoms with E-state index in [2.05, 4.69) is 96.5 Å². The van der Waals surface area contributed by atoms with Crippen LogP contribution >= 0.6 is 0 Å². The lowest BCUT2D eigenvalue weighted by molar-refractivity contribution is -0.438. The fourth-order valence-electron chi connectivity index (χ4n) is 8.71. The number of carboxylic acid groups (broad SMARTS) is 1. The maximum absolute atomic E-state index is 13.0. The molecule has 0 atom stereocenters. The number of nitrogens with zero attached hydrogens (tertiary/aromatic N) is 2. The van der Waals surface area contributed by atoms with Gasteiger partial charge in [-0.25, -0.2) is 13.1 Å². The van der Waals surface area contributed by atoms with Crippen LogP contribution in [0.5, 0.6) is 0 Å². The van der Waals surface area contributed by atoms with Gasteiger partial charge in [0.1, 0.15) is 6.54 Å². The fourth-order valence-corrected chi connectivity index (χ4v) is 10.4. The number of fused-ring (bicyclic) bond motifs is 6. The Hall–Kier alpha value is -4.62. The Balaban J connectivity index is 1.34. The largest absolute Gasteiger partial charge is 0.481 e. The highest BCUT2D eigenvalue weighted by Gasteiger charge is 2.45. The Morgan fingerprint density at radius 3 is 2.29 bits per heavy atom. The summed E-state index contributed by atoms with van der Waals surface area (Å²) in [6.45, 7) is 12.4. The third-order valence-corrected chi connectivity index (χ3v) is 13.7. The predicted octanol–water partition coefficient (Wildman–Crippen LogP) is 9.16. The molecule has 2 aliphatic rings. The van der Waals surface area contributed by atoms with Crippen LogP contribution < -0.4 is 9.62 Å². The van der Waals surface area contributed by atoms with Crippen molar-refractivity contribution in [1.29, 1.82) is 0 Å². The summed E-state index contributed by atoms with van der Waals surface area (Å²) in [7, 11) is -7.74. The average molecular weight is 827 g/mol. The minimum absolute atomic E-state index is 0.172.